The number of carbonyl (C=O) groups excluding carboxylic acids is 3. The number of thioether (sulfide) groups is 1. The first kappa shape index (κ1) is 28.9. The molecule has 38 heavy (non-hydrogen) atoms. The van der Waals surface area contributed by atoms with Crippen molar-refractivity contribution in [3.05, 3.63) is 47.3 Å². The zero-order valence-electron chi connectivity index (χ0n) is 22.6. The van der Waals surface area contributed by atoms with Crippen molar-refractivity contribution in [3.8, 4) is 0 Å². The standard InChI is InChI=1S/C29H40FN3O4S/c1-3-37-27(35)12-14-32-18-16-31(17-19-32)13-10-23-20-33(15-11-26(23)38-21(2)34)28(29(36)22-8-9-22)24-6-4-5-7-25(24)30/h4-7,10,22,26,28H,3,8-9,11-20H2,1-2H3/b23-10+. The zero-order valence-corrected chi connectivity index (χ0v) is 23.4. The first-order valence-corrected chi connectivity index (χ1v) is 14.7. The lowest BCUT2D eigenvalue weighted by Crippen LogP contribution is -2.47. The van der Waals surface area contributed by atoms with Crippen LogP contribution in [0, 0.1) is 11.7 Å². The van der Waals surface area contributed by atoms with Gasteiger partial charge in [-0.25, -0.2) is 4.39 Å². The average Bonchev–Trinajstić information content (AvgIpc) is 3.75. The molecule has 3 aliphatic rings. The number of ketones is 1. The molecular formula is C29H40FN3O4S. The summed E-state index contributed by atoms with van der Waals surface area (Å²) >= 11 is 1.36. The van der Waals surface area contributed by atoms with Gasteiger partial charge in [0.05, 0.1) is 19.1 Å². The minimum absolute atomic E-state index is 0.0245. The highest BCUT2D eigenvalue weighted by Crippen LogP contribution is 2.40. The summed E-state index contributed by atoms with van der Waals surface area (Å²) in [5.74, 6) is -0.343. The fourth-order valence-electron chi connectivity index (χ4n) is 5.38. The normalized spacial score (nSPS) is 23.3. The predicted octanol–water partition coefficient (Wildman–Crippen LogP) is 3.70. The molecule has 1 aromatic rings. The Kier molecular flexibility index (Phi) is 10.5. The molecule has 4 rings (SSSR count). The van der Waals surface area contributed by atoms with Crippen LogP contribution in [0.4, 0.5) is 4.39 Å². The van der Waals surface area contributed by atoms with E-state index in [1.165, 1.54) is 17.8 Å². The molecule has 3 fully saturated rings. The summed E-state index contributed by atoms with van der Waals surface area (Å²) in [7, 11) is 0. The number of likely N-dealkylation sites (tertiary alicyclic amines) is 1. The van der Waals surface area contributed by atoms with E-state index in [9.17, 15) is 18.8 Å². The number of piperazine rings is 1. The Bertz CT molecular complexity index is 1020. The molecule has 208 valence electrons. The number of carbonyl (C=O) groups is 3. The molecule has 7 nitrogen and oxygen atoms in total. The van der Waals surface area contributed by atoms with Gasteiger partial charge >= 0.3 is 5.97 Å². The van der Waals surface area contributed by atoms with Gasteiger partial charge in [-0.3, -0.25) is 24.2 Å². The summed E-state index contributed by atoms with van der Waals surface area (Å²) < 4.78 is 19.9. The Morgan fingerprint density at radius 3 is 2.45 bits per heavy atom. The molecule has 1 saturated carbocycles. The van der Waals surface area contributed by atoms with E-state index < -0.39 is 6.04 Å². The number of esters is 1. The van der Waals surface area contributed by atoms with Gasteiger partial charge in [-0.2, -0.15) is 0 Å². The summed E-state index contributed by atoms with van der Waals surface area (Å²) in [5.41, 5.74) is 1.60. The summed E-state index contributed by atoms with van der Waals surface area (Å²) in [6.45, 7) is 10.1. The van der Waals surface area contributed by atoms with Gasteiger partial charge in [0.2, 0.25) is 0 Å². The van der Waals surface area contributed by atoms with Crippen LogP contribution >= 0.6 is 11.8 Å². The molecule has 1 aliphatic carbocycles. The van der Waals surface area contributed by atoms with Gasteiger partial charge in [0.15, 0.2) is 10.9 Å². The molecule has 0 amide bonds. The summed E-state index contributed by atoms with van der Waals surface area (Å²) in [4.78, 5) is 43.8. The zero-order chi connectivity index (χ0) is 27.1. The van der Waals surface area contributed by atoms with Gasteiger partial charge in [0, 0.05) is 76.0 Å². The number of Topliss-reactive ketones (excluding diaryl/α,β-unsaturated/α-hetero) is 1. The van der Waals surface area contributed by atoms with E-state index in [0.29, 0.717) is 38.2 Å². The number of rotatable bonds is 11. The van der Waals surface area contributed by atoms with Crippen molar-refractivity contribution in [2.75, 3.05) is 59.0 Å². The third-order valence-corrected chi connectivity index (χ3v) is 8.77. The van der Waals surface area contributed by atoms with Crippen LogP contribution in [-0.4, -0.2) is 95.8 Å². The molecule has 2 unspecified atom stereocenters. The smallest absolute Gasteiger partial charge is 0.307 e. The van der Waals surface area contributed by atoms with E-state index >= 15 is 0 Å². The quantitative estimate of drug-likeness (QED) is 0.308. The van der Waals surface area contributed by atoms with Crippen LogP contribution < -0.4 is 0 Å². The second kappa shape index (κ2) is 13.8. The Morgan fingerprint density at radius 1 is 1.08 bits per heavy atom. The predicted molar refractivity (Wildman–Crippen MR) is 147 cm³/mol. The maximum Gasteiger partial charge on any atom is 0.307 e. The largest absolute Gasteiger partial charge is 0.466 e. The second-order valence-corrected chi connectivity index (χ2v) is 11.8. The highest BCUT2D eigenvalue weighted by molar-refractivity contribution is 8.14. The lowest BCUT2D eigenvalue weighted by molar-refractivity contribution is -0.143. The molecule has 0 bridgehead atoms. The summed E-state index contributed by atoms with van der Waals surface area (Å²) in [6, 6.07) is 6.05. The van der Waals surface area contributed by atoms with E-state index in [1.54, 1.807) is 25.1 Å². The van der Waals surface area contributed by atoms with E-state index in [2.05, 4.69) is 20.8 Å². The van der Waals surface area contributed by atoms with Gasteiger partial charge in [-0.1, -0.05) is 36.0 Å². The monoisotopic (exact) mass is 545 g/mol. The number of nitrogens with zero attached hydrogens (tertiary/aromatic N) is 3. The minimum Gasteiger partial charge on any atom is -0.466 e. The van der Waals surface area contributed by atoms with Crippen LogP contribution in [0.15, 0.2) is 35.9 Å². The highest BCUT2D eigenvalue weighted by Gasteiger charge is 2.41. The molecule has 0 N–H and O–H groups in total. The maximum atomic E-state index is 14.9. The van der Waals surface area contributed by atoms with Crippen molar-refractivity contribution >= 4 is 28.6 Å². The Morgan fingerprint density at radius 2 is 1.79 bits per heavy atom. The van der Waals surface area contributed by atoms with Crippen molar-refractivity contribution in [2.45, 2.75) is 50.8 Å². The molecule has 9 heteroatoms. The highest BCUT2D eigenvalue weighted by atomic mass is 32.2. The van der Waals surface area contributed by atoms with Crippen molar-refractivity contribution in [1.82, 2.24) is 14.7 Å². The average molecular weight is 546 g/mol. The van der Waals surface area contributed by atoms with Crippen LogP contribution in [0.1, 0.15) is 51.1 Å². The van der Waals surface area contributed by atoms with Crippen LogP contribution in [0.5, 0.6) is 0 Å². The molecule has 0 radical (unpaired) electrons. The molecule has 0 spiro atoms. The van der Waals surface area contributed by atoms with Gasteiger partial charge in [0.25, 0.3) is 0 Å². The van der Waals surface area contributed by atoms with E-state index in [1.807, 2.05) is 6.92 Å². The topological polar surface area (TPSA) is 70.2 Å². The molecule has 2 heterocycles. The first-order valence-electron chi connectivity index (χ1n) is 13.8. The number of piperidine rings is 1. The van der Waals surface area contributed by atoms with Gasteiger partial charge in [-0.15, -0.1) is 0 Å². The van der Waals surface area contributed by atoms with Crippen LogP contribution in [0.3, 0.4) is 0 Å². The fraction of sp³-hybridized carbons (Fsp3) is 0.621. The number of benzene rings is 1. The number of halogens is 1. The SMILES string of the molecule is CCOC(=O)CCN1CCN(C/C=C2\CN(C(C(=O)C3CC3)c3ccccc3F)CCC2SC(C)=O)CC1. The molecule has 0 aromatic heterocycles. The maximum absolute atomic E-state index is 14.9. The van der Waals surface area contributed by atoms with Gasteiger partial charge < -0.3 is 9.64 Å². The van der Waals surface area contributed by atoms with Crippen molar-refractivity contribution in [1.29, 1.82) is 0 Å². The van der Waals surface area contributed by atoms with Gasteiger partial charge in [-0.05, 0) is 37.8 Å². The molecular weight excluding hydrogens is 505 g/mol. The third-order valence-electron chi connectivity index (χ3n) is 7.61. The molecule has 2 saturated heterocycles. The molecule has 1 aromatic carbocycles. The lowest BCUT2D eigenvalue weighted by Gasteiger charge is -2.39. The lowest BCUT2D eigenvalue weighted by atomic mass is 9.93. The summed E-state index contributed by atoms with van der Waals surface area (Å²) in [5, 5.41) is 0.163. The van der Waals surface area contributed by atoms with Crippen molar-refractivity contribution in [3.63, 3.8) is 0 Å². The Labute approximate surface area is 229 Å². The summed E-state index contributed by atoms with van der Waals surface area (Å²) in [6.07, 6.45) is 5.16. The van der Waals surface area contributed by atoms with Crippen LogP contribution in [0.25, 0.3) is 0 Å². The first-order chi connectivity index (χ1) is 18.4. The van der Waals surface area contributed by atoms with Crippen LogP contribution in [-0.2, 0) is 19.1 Å². The molecule has 2 aliphatic heterocycles. The van der Waals surface area contributed by atoms with Crippen molar-refractivity contribution in [2.24, 2.45) is 5.92 Å². The number of ether oxygens (including phenoxy) is 1. The number of hydrogen-bond donors (Lipinski definition) is 0. The van der Waals surface area contributed by atoms with Crippen LogP contribution in [0.2, 0.25) is 0 Å². The number of hydrogen-bond acceptors (Lipinski definition) is 8. The van der Waals surface area contributed by atoms with E-state index in [0.717, 1.165) is 57.6 Å². The fourth-order valence-corrected chi connectivity index (χ4v) is 6.32. The van der Waals surface area contributed by atoms with E-state index in [4.69, 9.17) is 4.74 Å². The Balaban J connectivity index is 1.41. The Hall–Kier alpha value is -2.07. The van der Waals surface area contributed by atoms with Gasteiger partial charge in [0.1, 0.15) is 5.82 Å². The molecule has 2 atom stereocenters. The minimum atomic E-state index is -0.585. The van der Waals surface area contributed by atoms with E-state index in [-0.39, 0.29) is 33.9 Å². The van der Waals surface area contributed by atoms with Crippen molar-refractivity contribution < 1.29 is 23.5 Å². The second-order valence-electron chi connectivity index (χ2n) is 10.4. The third kappa shape index (κ3) is 7.97.